The highest BCUT2D eigenvalue weighted by Gasteiger charge is 2.32. The number of sulfonamides is 1. The van der Waals surface area contributed by atoms with Gasteiger partial charge in [0.1, 0.15) is 4.90 Å². The second-order valence-corrected chi connectivity index (χ2v) is 8.02. The topological polar surface area (TPSA) is 80.1 Å². The standard InChI is InChI=1S/C15H23N5O2S/c1-5-20-8-10(2)14(9-20)18-23(21,22)12-6-13-11(3)17-19(4)15(13)16-7-12/h6-7,10,14,18H,5,8-9H2,1-4H3/t10-,14-/m0/s1. The summed E-state index contributed by atoms with van der Waals surface area (Å²) >= 11 is 0. The van der Waals surface area contributed by atoms with Crippen molar-refractivity contribution in [3.63, 3.8) is 0 Å². The number of hydrogen-bond donors (Lipinski definition) is 1. The number of aromatic nitrogens is 3. The fraction of sp³-hybridized carbons (Fsp3) is 0.600. The van der Waals surface area contributed by atoms with Crippen molar-refractivity contribution in [1.82, 2.24) is 24.4 Å². The van der Waals surface area contributed by atoms with Crippen LogP contribution in [0.2, 0.25) is 0 Å². The molecule has 8 heteroatoms. The van der Waals surface area contributed by atoms with Crippen LogP contribution in [0.15, 0.2) is 17.2 Å². The Morgan fingerprint density at radius 1 is 1.39 bits per heavy atom. The van der Waals surface area contributed by atoms with E-state index in [0.29, 0.717) is 11.6 Å². The van der Waals surface area contributed by atoms with Gasteiger partial charge in [-0.05, 0) is 25.5 Å². The van der Waals surface area contributed by atoms with E-state index in [1.807, 2.05) is 6.92 Å². The molecule has 1 N–H and O–H groups in total. The molecule has 0 unspecified atom stereocenters. The van der Waals surface area contributed by atoms with Crippen LogP contribution in [0, 0.1) is 12.8 Å². The molecule has 7 nitrogen and oxygen atoms in total. The third-order valence-electron chi connectivity index (χ3n) is 4.59. The Kier molecular flexibility index (Phi) is 4.16. The van der Waals surface area contributed by atoms with Crippen LogP contribution in [0.25, 0.3) is 11.0 Å². The molecule has 1 aliphatic heterocycles. The Hall–Kier alpha value is -1.51. The minimum atomic E-state index is -3.58. The lowest BCUT2D eigenvalue weighted by Crippen LogP contribution is -2.39. The van der Waals surface area contributed by atoms with E-state index < -0.39 is 10.0 Å². The number of likely N-dealkylation sites (tertiary alicyclic amines) is 1. The number of likely N-dealkylation sites (N-methyl/N-ethyl adjacent to an activating group) is 1. The molecule has 3 rings (SSSR count). The van der Waals surface area contributed by atoms with E-state index in [4.69, 9.17) is 0 Å². The van der Waals surface area contributed by atoms with Gasteiger partial charge in [0.05, 0.1) is 5.69 Å². The van der Waals surface area contributed by atoms with Crippen molar-refractivity contribution in [2.75, 3.05) is 19.6 Å². The molecule has 2 aromatic heterocycles. The van der Waals surface area contributed by atoms with Crippen LogP contribution in [0.3, 0.4) is 0 Å². The monoisotopic (exact) mass is 337 g/mol. The Morgan fingerprint density at radius 2 is 2.13 bits per heavy atom. The summed E-state index contributed by atoms with van der Waals surface area (Å²) < 4.78 is 29.9. The fourth-order valence-corrected chi connectivity index (χ4v) is 4.49. The summed E-state index contributed by atoms with van der Waals surface area (Å²) in [5.41, 5.74) is 1.46. The maximum atomic E-state index is 12.7. The van der Waals surface area contributed by atoms with Gasteiger partial charge in [0, 0.05) is 37.8 Å². The zero-order valence-electron chi connectivity index (χ0n) is 13.9. The molecule has 126 valence electrons. The quantitative estimate of drug-likeness (QED) is 0.896. The molecule has 0 aliphatic carbocycles. The lowest BCUT2D eigenvalue weighted by atomic mass is 10.1. The first-order chi connectivity index (χ1) is 10.8. The summed E-state index contributed by atoms with van der Waals surface area (Å²) in [6, 6.07) is 1.59. The van der Waals surface area contributed by atoms with Gasteiger partial charge in [-0.15, -0.1) is 0 Å². The molecule has 0 saturated carbocycles. The summed E-state index contributed by atoms with van der Waals surface area (Å²) in [5.74, 6) is 0.293. The van der Waals surface area contributed by atoms with E-state index in [1.54, 1.807) is 17.8 Å². The molecule has 0 amide bonds. The Labute approximate surface area is 136 Å². The summed E-state index contributed by atoms with van der Waals surface area (Å²) in [4.78, 5) is 6.72. The molecule has 0 bridgehead atoms. The molecule has 0 radical (unpaired) electrons. The average molecular weight is 337 g/mol. The predicted molar refractivity (Wildman–Crippen MR) is 88.6 cm³/mol. The van der Waals surface area contributed by atoms with Crippen LogP contribution in [-0.2, 0) is 17.1 Å². The van der Waals surface area contributed by atoms with Gasteiger partial charge < -0.3 is 4.90 Å². The molecule has 1 fully saturated rings. The molecule has 2 atom stereocenters. The van der Waals surface area contributed by atoms with Gasteiger partial charge in [-0.1, -0.05) is 13.8 Å². The maximum Gasteiger partial charge on any atom is 0.242 e. The van der Waals surface area contributed by atoms with Gasteiger partial charge in [-0.2, -0.15) is 5.10 Å². The fourth-order valence-electron chi connectivity index (χ4n) is 3.18. The first-order valence-electron chi connectivity index (χ1n) is 7.86. The normalized spacial score (nSPS) is 23.0. The van der Waals surface area contributed by atoms with Crippen molar-refractivity contribution >= 4 is 21.1 Å². The second-order valence-electron chi connectivity index (χ2n) is 6.31. The smallest absolute Gasteiger partial charge is 0.242 e. The molecular weight excluding hydrogens is 314 g/mol. The molecule has 2 aromatic rings. The van der Waals surface area contributed by atoms with Crippen LogP contribution >= 0.6 is 0 Å². The van der Waals surface area contributed by atoms with Gasteiger partial charge in [0.2, 0.25) is 10.0 Å². The Bertz CT molecular complexity index is 830. The highest BCUT2D eigenvalue weighted by atomic mass is 32.2. The number of nitrogens with zero attached hydrogens (tertiary/aromatic N) is 4. The zero-order valence-corrected chi connectivity index (χ0v) is 14.8. The second kappa shape index (κ2) is 5.85. The Morgan fingerprint density at radius 3 is 2.78 bits per heavy atom. The summed E-state index contributed by atoms with van der Waals surface area (Å²) in [7, 11) is -1.78. The minimum absolute atomic E-state index is 0.0642. The third-order valence-corrected chi connectivity index (χ3v) is 6.05. The number of hydrogen-bond acceptors (Lipinski definition) is 5. The van der Waals surface area contributed by atoms with E-state index in [9.17, 15) is 8.42 Å². The first kappa shape index (κ1) is 16.4. The molecule has 1 aliphatic rings. The van der Waals surface area contributed by atoms with Crippen molar-refractivity contribution in [1.29, 1.82) is 0 Å². The molecule has 23 heavy (non-hydrogen) atoms. The van der Waals surface area contributed by atoms with E-state index in [0.717, 1.165) is 30.7 Å². The number of nitrogens with one attached hydrogen (secondary N) is 1. The van der Waals surface area contributed by atoms with E-state index in [2.05, 4.69) is 33.6 Å². The molecule has 0 spiro atoms. The van der Waals surface area contributed by atoms with Gasteiger partial charge in [0.15, 0.2) is 5.65 Å². The van der Waals surface area contributed by atoms with Crippen molar-refractivity contribution < 1.29 is 8.42 Å². The van der Waals surface area contributed by atoms with Crippen molar-refractivity contribution in [3.8, 4) is 0 Å². The minimum Gasteiger partial charge on any atom is -0.302 e. The Balaban J connectivity index is 1.89. The van der Waals surface area contributed by atoms with Gasteiger partial charge in [0.25, 0.3) is 0 Å². The lowest BCUT2D eigenvalue weighted by molar-refractivity contribution is 0.344. The molecule has 0 aromatic carbocycles. The third kappa shape index (κ3) is 2.98. The zero-order chi connectivity index (χ0) is 16.8. The highest BCUT2D eigenvalue weighted by Crippen LogP contribution is 2.22. The van der Waals surface area contributed by atoms with Crippen molar-refractivity contribution in [2.24, 2.45) is 13.0 Å². The summed E-state index contributed by atoms with van der Waals surface area (Å²) in [6.07, 6.45) is 1.41. The van der Waals surface area contributed by atoms with Crippen molar-refractivity contribution in [2.45, 2.75) is 31.7 Å². The SMILES string of the molecule is CCN1C[C@H](NS(=O)(=O)c2cnc3c(c2)c(C)nn3C)[C@@H](C)C1. The van der Waals surface area contributed by atoms with E-state index >= 15 is 0 Å². The average Bonchev–Trinajstić information content (AvgIpc) is 2.99. The van der Waals surface area contributed by atoms with Crippen LogP contribution in [0.4, 0.5) is 0 Å². The molecule has 1 saturated heterocycles. The number of pyridine rings is 1. The summed E-state index contributed by atoms with van der Waals surface area (Å²) in [5, 5.41) is 5.05. The van der Waals surface area contributed by atoms with Gasteiger partial charge in [-0.3, -0.25) is 4.68 Å². The van der Waals surface area contributed by atoms with E-state index in [1.165, 1.54) is 6.20 Å². The van der Waals surface area contributed by atoms with Gasteiger partial charge in [-0.25, -0.2) is 18.1 Å². The van der Waals surface area contributed by atoms with Crippen LogP contribution in [0.1, 0.15) is 19.5 Å². The van der Waals surface area contributed by atoms with Crippen LogP contribution in [-0.4, -0.2) is 53.8 Å². The number of aryl methyl sites for hydroxylation is 2. The molecular formula is C15H23N5O2S. The lowest BCUT2D eigenvalue weighted by Gasteiger charge is -2.16. The number of fused-ring (bicyclic) bond motifs is 1. The van der Waals surface area contributed by atoms with Crippen LogP contribution in [0.5, 0.6) is 0 Å². The number of rotatable bonds is 4. The van der Waals surface area contributed by atoms with E-state index in [-0.39, 0.29) is 10.9 Å². The van der Waals surface area contributed by atoms with Crippen LogP contribution < -0.4 is 4.72 Å². The van der Waals surface area contributed by atoms with Crippen molar-refractivity contribution in [3.05, 3.63) is 18.0 Å². The van der Waals surface area contributed by atoms with Gasteiger partial charge >= 0.3 is 0 Å². The highest BCUT2D eigenvalue weighted by molar-refractivity contribution is 7.89. The predicted octanol–water partition coefficient (Wildman–Crippen LogP) is 0.895. The first-order valence-corrected chi connectivity index (χ1v) is 9.34. The maximum absolute atomic E-state index is 12.7. The molecule has 3 heterocycles. The summed E-state index contributed by atoms with van der Waals surface area (Å²) in [6.45, 7) is 8.63. The largest absolute Gasteiger partial charge is 0.302 e.